The molecular weight excluding hydrogens is 308 g/mol. The van der Waals surface area contributed by atoms with E-state index in [1.165, 1.54) is 0 Å². The van der Waals surface area contributed by atoms with Crippen molar-refractivity contribution in [1.82, 2.24) is 0 Å². The van der Waals surface area contributed by atoms with E-state index in [1.807, 2.05) is 0 Å². The molecule has 0 bridgehead atoms. The summed E-state index contributed by atoms with van der Waals surface area (Å²) in [6.45, 7) is 0.131. The minimum absolute atomic E-state index is 0.131. The molecular formula is C5H8N4O12. The van der Waals surface area contributed by atoms with Gasteiger partial charge < -0.3 is 20.4 Å². The molecule has 0 heterocycles. The van der Waals surface area contributed by atoms with Crippen LogP contribution in [0.4, 0.5) is 0 Å². The van der Waals surface area contributed by atoms with Gasteiger partial charge in [0.15, 0.2) is 0 Å². The Morgan fingerprint density at radius 3 is 1.29 bits per heavy atom. The molecule has 0 aromatic carbocycles. The predicted molar refractivity (Wildman–Crippen MR) is 54.5 cm³/mol. The lowest BCUT2D eigenvalue weighted by Crippen LogP contribution is -2.81. The maximum absolute atomic E-state index is 10.9. The van der Waals surface area contributed by atoms with E-state index in [2.05, 4.69) is 0 Å². The lowest BCUT2D eigenvalue weighted by Gasteiger charge is -2.30. The van der Waals surface area contributed by atoms with E-state index in [-0.39, 0.29) is 6.92 Å². The first kappa shape index (κ1) is 18.4. The van der Waals surface area contributed by atoms with Crippen molar-refractivity contribution in [2.24, 2.45) is 0 Å². The van der Waals surface area contributed by atoms with Crippen molar-refractivity contribution in [2.75, 3.05) is 0 Å². The summed E-state index contributed by atoms with van der Waals surface area (Å²) in [5.74, 6) is -5.04. The van der Waals surface area contributed by atoms with Crippen LogP contribution in [-0.4, -0.2) is 63.5 Å². The zero-order valence-corrected chi connectivity index (χ0v) is 9.92. The first-order valence-electron chi connectivity index (χ1n) is 4.65. The molecule has 0 spiro atoms. The van der Waals surface area contributed by atoms with Gasteiger partial charge in [-0.25, -0.2) is 0 Å². The van der Waals surface area contributed by atoms with E-state index in [1.54, 1.807) is 0 Å². The second kappa shape index (κ2) is 5.09. The number of aliphatic hydroxyl groups is 4. The second-order valence-corrected chi connectivity index (χ2v) is 3.77. The molecule has 0 fully saturated rings. The number of nitrogens with zero attached hydrogens (tertiary/aromatic N) is 4. The van der Waals surface area contributed by atoms with Gasteiger partial charge in [0.1, 0.15) is 9.85 Å². The van der Waals surface area contributed by atoms with Gasteiger partial charge in [-0.2, -0.15) is 0 Å². The molecule has 2 unspecified atom stereocenters. The molecule has 0 aromatic heterocycles. The normalized spacial score (nSPS) is 16.6. The van der Waals surface area contributed by atoms with E-state index >= 15 is 0 Å². The van der Waals surface area contributed by atoms with Crippen LogP contribution in [-0.2, 0) is 0 Å². The lowest BCUT2D eigenvalue weighted by molar-refractivity contribution is -0.913. The molecule has 0 amide bonds. The van der Waals surface area contributed by atoms with Gasteiger partial charge >= 0.3 is 23.4 Å². The topological polar surface area (TPSA) is 253 Å². The maximum atomic E-state index is 10.9. The molecule has 0 aromatic rings. The smallest absolute Gasteiger partial charge is 0.335 e. The molecule has 0 saturated carbocycles. The van der Waals surface area contributed by atoms with Crippen LogP contribution in [0.2, 0.25) is 0 Å². The van der Waals surface area contributed by atoms with Gasteiger partial charge in [0, 0.05) is 11.8 Å². The minimum Gasteiger partial charge on any atom is -0.335 e. The quantitative estimate of drug-likeness (QED) is 0.202. The van der Waals surface area contributed by atoms with E-state index in [0.717, 1.165) is 0 Å². The first-order chi connectivity index (χ1) is 9.18. The summed E-state index contributed by atoms with van der Waals surface area (Å²) in [6, 6.07) is -3.14. The summed E-state index contributed by atoms with van der Waals surface area (Å²) in [5.41, 5.74) is -9.96. The summed E-state index contributed by atoms with van der Waals surface area (Å²) in [6.07, 6.45) is 0. The number of hydrogen-bond acceptors (Lipinski definition) is 12. The highest BCUT2D eigenvalue weighted by molar-refractivity contribution is 4.94. The Morgan fingerprint density at radius 2 is 1.14 bits per heavy atom. The highest BCUT2D eigenvalue weighted by Gasteiger charge is 2.96. The summed E-state index contributed by atoms with van der Waals surface area (Å²) in [4.78, 5) is 34.4. The highest BCUT2D eigenvalue weighted by Crippen LogP contribution is 2.38. The zero-order chi connectivity index (χ0) is 17.4. The molecule has 16 heteroatoms. The average Bonchev–Trinajstić information content (AvgIpc) is 2.25. The molecule has 0 saturated heterocycles. The number of rotatable bonds is 7. The van der Waals surface area contributed by atoms with Gasteiger partial charge in [0.25, 0.3) is 0 Å². The van der Waals surface area contributed by atoms with Gasteiger partial charge in [0.05, 0.1) is 4.92 Å². The SMILES string of the molecule is CC([N+](=O)[O-])C([N+](=O)[O-])([N+](=O)[O-])C(O)([N+](=O)[O-])C(O)(O)O. The van der Waals surface area contributed by atoms with Gasteiger partial charge in [-0.3, -0.25) is 40.5 Å². The monoisotopic (exact) mass is 316 g/mol. The van der Waals surface area contributed by atoms with E-state index < -0.39 is 43.1 Å². The summed E-state index contributed by atoms with van der Waals surface area (Å²) >= 11 is 0. The highest BCUT2D eigenvalue weighted by atomic mass is 16.8. The van der Waals surface area contributed by atoms with Gasteiger partial charge in [0.2, 0.25) is 0 Å². The van der Waals surface area contributed by atoms with Crippen LogP contribution in [0.3, 0.4) is 0 Å². The van der Waals surface area contributed by atoms with Crippen LogP contribution in [0.25, 0.3) is 0 Å². The van der Waals surface area contributed by atoms with Crippen LogP contribution < -0.4 is 0 Å². The largest absolute Gasteiger partial charge is 0.625 e. The summed E-state index contributed by atoms with van der Waals surface area (Å²) < 4.78 is 0. The Morgan fingerprint density at radius 1 is 0.810 bits per heavy atom. The predicted octanol–water partition coefficient (Wildman–Crippen LogP) is -3.50. The molecule has 0 aliphatic rings. The molecule has 0 radical (unpaired) electrons. The maximum Gasteiger partial charge on any atom is 0.625 e. The van der Waals surface area contributed by atoms with E-state index in [4.69, 9.17) is 15.3 Å². The molecule has 0 aliphatic carbocycles. The van der Waals surface area contributed by atoms with Crippen molar-refractivity contribution in [3.63, 3.8) is 0 Å². The third kappa shape index (κ3) is 2.20. The fourth-order valence-corrected chi connectivity index (χ4v) is 1.57. The Balaban J connectivity index is 6.92. The Labute approximate surface area is 112 Å². The molecule has 21 heavy (non-hydrogen) atoms. The van der Waals surface area contributed by atoms with Crippen molar-refractivity contribution in [3.05, 3.63) is 40.5 Å². The first-order valence-corrected chi connectivity index (χ1v) is 4.65. The average molecular weight is 316 g/mol. The van der Waals surface area contributed by atoms with Crippen LogP contribution in [0.1, 0.15) is 6.92 Å². The molecule has 4 N–H and O–H groups in total. The molecule has 0 rings (SSSR count). The molecule has 2 atom stereocenters. The van der Waals surface area contributed by atoms with Crippen molar-refractivity contribution in [3.8, 4) is 0 Å². The third-order valence-electron chi connectivity index (χ3n) is 2.70. The van der Waals surface area contributed by atoms with Crippen LogP contribution in [0.15, 0.2) is 0 Å². The number of hydrogen-bond donors (Lipinski definition) is 4. The Bertz CT molecular complexity index is 482. The Kier molecular flexibility index (Phi) is 4.47. The fourth-order valence-electron chi connectivity index (χ4n) is 1.57. The molecule has 120 valence electrons. The third-order valence-corrected chi connectivity index (χ3v) is 2.70. The van der Waals surface area contributed by atoms with E-state index in [9.17, 15) is 45.6 Å². The van der Waals surface area contributed by atoms with Gasteiger partial charge in [-0.1, -0.05) is 0 Å². The van der Waals surface area contributed by atoms with E-state index in [0.29, 0.717) is 0 Å². The van der Waals surface area contributed by atoms with Crippen LogP contribution >= 0.6 is 0 Å². The van der Waals surface area contributed by atoms with Gasteiger partial charge in [-0.15, -0.1) is 0 Å². The van der Waals surface area contributed by atoms with Crippen LogP contribution in [0, 0.1) is 40.5 Å². The molecule has 0 aliphatic heterocycles. The summed E-state index contributed by atoms with van der Waals surface area (Å²) in [5, 5.41) is 78.7. The summed E-state index contributed by atoms with van der Waals surface area (Å²) in [7, 11) is 0. The Hall–Kier alpha value is -2.56. The lowest BCUT2D eigenvalue weighted by atomic mass is 9.88. The number of nitro groups is 4. The zero-order valence-electron chi connectivity index (χ0n) is 9.92. The van der Waals surface area contributed by atoms with Crippen molar-refractivity contribution >= 4 is 0 Å². The standard InChI is InChI=1S/C5H8N4O12/c1-2(6(14)15)3(7(16)17,8(18)19)4(10,9(20)21)5(11,12)13/h2,10-13H,1H3. The molecule has 16 nitrogen and oxygen atoms in total. The second-order valence-electron chi connectivity index (χ2n) is 3.77. The van der Waals surface area contributed by atoms with Gasteiger partial charge in [-0.05, 0) is 0 Å². The minimum atomic E-state index is -5.15. The van der Waals surface area contributed by atoms with Crippen molar-refractivity contribution < 1.29 is 40.1 Å². The van der Waals surface area contributed by atoms with Crippen molar-refractivity contribution in [1.29, 1.82) is 0 Å². The van der Waals surface area contributed by atoms with Crippen molar-refractivity contribution in [2.45, 2.75) is 30.3 Å². The fraction of sp³-hybridized carbons (Fsp3) is 1.00. The van der Waals surface area contributed by atoms with Crippen LogP contribution in [0.5, 0.6) is 0 Å².